The summed E-state index contributed by atoms with van der Waals surface area (Å²) in [5.74, 6) is 0. The molecule has 0 fully saturated rings. The van der Waals surface area contributed by atoms with Gasteiger partial charge in [-0.1, -0.05) is 13.0 Å². The smallest absolute Gasteiger partial charge is 0.262 e. The zero-order chi connectivity index (χ0) is 17.6. The van der Waals surface area contributed by atoms with Gasteiger partial charge < -0.3 is 0 Å². The molecule has 0 saturated heterocycles. The van der Waals surface area contributed by atoms with Crippen LogP contribution in [0.2, 0.25) is 0 Å². The zero-order valence-corrected chi connectivity index (χ0v) is 14.7. The summed E-state index contributed by atoms with van der Waals surface area (Å²) in [4.78, 5) is 35.7. The summed E-state index contributed by atoms with van der Waals surface area (Å²) < 4.78 is 3.01. The molecule has 0 bridgehead atoms. The maximum atomic E-state index is 12.7. The van der Waals surface area contributed by atoms with Crippen molar-refractivity contribution in [2.24, 2.45) is 0 Å². The first-order valence-electron chi connectivity index (χ1n) is 8.02. The molecule has 0 amide bonds. The van der Waals surface area contributed by atoms with E-state index in [0.29, 0.717) is 16.7 Å². The van der Waals surface area contributed by atoms with Crippen LogP contribution in [0.1, 0.15) is 23.1 Å². The number of hydrogen-bond donors (Lipinski definition) is 0. The van der Waals surface area contributed by atoms with Crippen LogP contribution >= 0.6 is 11.3 Å². The number of pyridine rings is 1. The van der Waals surface area contributed by atoms with E-state index in [1.54, 1.807) is 12.3 Å². The van der Waals surface area contributed by atoms with Crippen molar-refractivity contribution in [3.8, 4) is 0 Å². The lowest BCUT2D eigenvalue weighted by Gasteiger charge is -2.07. The Labute approximate surface area is 147 Å². The number of thiophene rings is 1. The molecule has 0 saturated carbocycles. The standard InChI is InChI=1S/C18H16N4O2S/c1-3-13-7-14-17(25-13)19-10-21(18(14)24)9-12-6-16(23)22-8-11(2)4-5-15(22)20-12/h4-8,10H,3,9H2,1-2H3. The molecule has 0 unspecified atom stereocenters. The van der Waals surface area contributed by atoms with Crippen molar-refractivity contribution in [1.82, 2.24) is 18.9 Å². The summed E-state index contributed by atoms with van der Waals surface area (Å²) in [6.45, 7) is 4.20. The summed E-state index contributed by atoms with van der Waals surface area (Å²) in [5.41, 5.74) is 1.84. The number of nitrogens with zero attached hydrogens (tertiary/aromatic N) is 4. The van der Waals surface area contributed by atoms with E-state index in [1.165, 1.54) is 32.7 Å². The maximum Gasteiger partial charge on any atom is 0.262 e. The highest BCUT2D eigenvalue weighted by Crippen LogP contribution is 2.21. The number of aromatic nitrogens is 4. The van der Waals surface area contributed by atoms with E-state index in [4.69, 9.17) is 0 Å². The molecule has 0 spiro atoms. The SMILES string of the molecule is CCc1cc2c(=O)n(Cc3cc(=O)n4cc(C)ccc4n3)cnc2s1. The molecular formula is C18H16N4O2S. The van der Waals surface area contributed by atoms with Gasteiger partial charge in [-0.15, -0.1) is 11.3 Å². The van der Waals surface area contributed by atoms with Gasteiger partial charge in [0.05, 0.1) is 24.0 Å². The van der Waals surface area contributed by atoms with Crippen LogP contribution in [0.5, 0.6) is 0 Å². The van der Waals surface area contributed by atoms with Gasteiger partial charge >= 0.3 is 0 Å². The zero-order valence-electron chi connectivity index (χ0n) is 13.9. The second kappa shape index (κ2) is 5.93. The topological polar surface area (TPSA) is 69.3 Å². The van der Waals surface area contributed by atoms with Gasteiger partial charge in [-0.05, 0) is 31.0 Å². The fourth-order valence-electron chi connectivity index (χ4n) is 2.81. The van der Waals surface area contributed by atoms with Crippen molar-refractivity contribution in [2.45, 2.75) is 26.8 Å². The summed E-state index contributed by atoms with van der Waals surface area (Å²) in [6.07, 6.45) is 4.16. The second-order valence-corrected chi connectivity index (χ2v) is 7.10. The van der Waals surface area contributed by atoms with Gasteiger partial charge in [0.2, 0.25) is 0 Å². The summed E-state index contributed by atoms with van der Waals surface area (Å²) in [6, 6.07) is 7.07. The molecule has 4 rings (SSSR count). The first-order chi connectivity index (χ1) is 12.0. The molecule has 0 aliphatic carbocycles. The molecule has 4 heterocycles. The molecule has 0 atom stereocenters. The van der Waals surface area contributed by atoms with Crippen LogP contribution in [0.4, 0.5) is 0 Å². The molecule has 126 valence electrons. The second-order valence-electron chi connectivity index (χ2n) is 5.98. The number of fused-ring (bicyclic) bond motifs is 2. The largest absolute Gasteiger partial charge is 0.293 e. The van der Waals surface area contributed by atoms with Gasteiger partial charge in [0.25, 0.3) is 11.1 Å². The van der Waals surface area contributed by atoms with Crippen molar-refractivity contribution in [3.63, 3.8) is 0 Å². The Morgan fingerprint density at radius 2 is 2.04 bits per heavy atom. The molecule has 0 aliphatic rings. The number of hydrogen-bond acceptors (Lipinski definition) is 5. The Balaban J connectivity index is 1.80. The van der Waals surface area contributed by atoms with Gasteiger partial charge in [-0.25, -0.2) is 9.97 Å². The third kappa shape index (κ3) is 2.76. The average molecular weight is 352 g/mol. The van der Waals surface area contributed by atoms with E-state index in [9.17, 15) is 9.59 Å². The third-order valence-corrected chi connectivity index (χ3v) is 5.30. The molecule has 7 heteroatoms. The minimum absolute atomic E-state index is 0.105. The summed E-state index contributed by atoms with van der Waals surface area (Å²) in [7, 11) is 0. The highest BCUT2D eigenvalue weighted by Gasteiger charge is 2.10. The highest BCUT2D eigenvalue weighted by atomic mass is 32.1. The van der Waals surface area contributed by atoms with Crippen molar-refractivity contribution < 1.29 is 0 Å². The fourth-order valence-corrected chi connectivity index (χ4v) is 3.74. The molecule has 0 N–H and O–H groups in total. The van der Waals surface area contributed by atoms with Crippen molar-refractivity contribution in [3.05, 3.63) is 73.6 Å². The van der Waals surface area contributed by atoms with E-state index in [1.807, 2.05) is 19.1 Å². The normalized spacial score (nSPS) is 11.4. The number of aryl methyl sites for hydroxylation is 2. The minimum Gasteiger partial charge on any atom is -0.293 e. The molecular weight excluding hydrogens is 336 g/mol. The highest BCUT2D eigenvalue weighted by molar-refractivity contribution is 7.18. The average Bonchev–Trinajstić information content (AvgIpc) is 3.02. The third-order valence-electron chi connectivity index (χ3n) is 4.11. The molecule has 0 aliphatic heterocycles. The van der Waals surface area contributed by atoms with Crippen molar-refractivity contribution in [2.75, 3.05) is 0 Å². The van der Waals surface area contributed by atoms with Crippen molar-refractivity contribution >= 4 is 27.2 Å². The molecule has 6 nitrogen and oxygen atoms in total. The monoisotopic (exact) mass is 352 g/mol. The fraction of sp³-hybridized carbons (Fsp3) is 0.222. The molecule has 0 radical (unpaired) electrons. The first kappa shape index (κ1) is 15.7. The first-order valence-corrected chi connectivity index (χ1v) is 8.83. The van der Waals surface area contributed by atoms with Crippen LogP contribution in [0.15, 0.2) is 46.4 Å². The quantitative estimate of drug-likeness (QED) is 0.568. The van der Waals surface area contributed by atoms with Gasteiger partial charge in [-0.2, -0.15) is 0 Å². The molecule has 4 aromatic rings. The van der Waals surface area contributed by atoms with Crippen LogP contribution < -0.4 is 11.1 Å². The Bertz CT molecular complexity index is 1220. The van der Waals surface area contributed by atoms with Crippen LogP contribution in [0.3, 0.4) is 0 Å². The van der Waals surface area contributed by atoms with E-state index in [2.05, 4.69) is 16.9 Å². The predicted octanol–water partition coefficient (Wildman–Crippen LogP) is 2.39. The van der Waals surface area contributed by atoms with E-state index < -0.39 is 0 Å². The van der Waals surface area contributed by atoms with Crippen LogP contribution in [0, 0.1) is 6.92 Å². The Morgan fingerprint density at radius 1 is 1.20 bits per heavy atom. The lowest BCUT2D eigenvalue weighted by Crippen LogP contribution is -2.23. The Kier molecular flexibility index (Phi) is 3.73. The lowest BCUT2D eigenvalue weighted by atomic mass is 10.3. The molecule has 4 aromatic heterocycles. The van der Waals surface area contributed by atoms with E-state index in [-0.39, 0.29) is 17.7 Å². The number of rotatable bonds is 3. The summed E-state index contributed by atoms with van der Waals surface area (Å²) in [5, 5.41) is 0.623. The Hall–Kier alpha value is -2.80. The van der Waals surface area contributed by atoms with Gasteiger partial charge in [-0.3, -0.25) is 18.6 Å². The van der Waals surface area contributed by atoms with Gasteiger partial charge in [0.1, 0.15) is 10.5 Å². The maximum absolute atomic E-state index is 12.7. The van der Waals surface area contributed by atoms with Crippen LogP contribution in [-0.4, -0.2) is 18.9 Å². The minimum atomic E-state index is -0.158. The van der Waals surface area contributed by atoms with E-state index >= 15 is 0 Å². The van der Waals surface area contributed by atoms with Crippen LogP contribution in [-0.2, 0) is 13.0 Å². The predicted molar refractivity (Wildman–Crippen MR) is 98.6 cm³/mol. The molecule has 25 heavy (non-hydrogen) atoms. The van der Waals surface area contributed by atoms with Crippen molar-refractivity contribution in [1.29, 1.82) is 0 Å². The molecule has 0 aromatic carbocycles. The van der Waals surface area contributed by atoms with Crippen LogP contribution in [0.25, 0.3) is 15.9 Å². The lowest BCUT2D eigenvalue weighted by molar-refractivity contribution is 0.727. The van der Waals surface area contributed by atoms with Gasteiger partial charge in [0.15, 0.2) is 0 Å². The summed E-state index contributed by atoms with van der Waals surface area (Å²) >= 11 is 1.54. The van der Waals surface area contributed by atoms with Gasteiger partial charge in [0, 0.05) is 17.1 Å². The van der Waals surface area contributed by atoms with E-state index in [0.717, 1.165) is 21.7 Å². The Morgan fingerprint density at radius 3 is 2.84 bits per heavy atom.